The minimum atomic E-state index is -0.427. The predicted octanol–water partition coefficient (Wildman–Crippen LogP) is 1.27. The lowest BCUT2D eigenvalue weighted by Crippen LogP contribution is -2.62. The van der Waals surface area contributed by atoms with Crippen LogP contribution < -0.4 is 0 Å². The van der Waals surface area contributed by atoms with Gasteiger partial charge in [-0.1, -0.05) is 18.2 Å². The Morgan fingerprint density at radius 1 is 1.15 bits per heavy atom. The van der Waals surface area contributed by atoms with Crippen molar-refractivity contribution in [3.05, 3.63) is 42.2 Å². The Morgan fingerprint density at radius 2 is 2.00 bits per heavy atom. The largest absolute Gasteiger partial charge is 0.387 e. The Bertz CT molecular complexity index is 617. The fourth-order valence-corrected chi connectivity index (χ4v) is 3.57. The smallest absolute Gasteiger partial charge is 0.0963 e. The third kappa shape index (κ3) is 1.92. The molecule has 2 bridgehead atoms. The van der Waals surface area contributed by atoms with Crippen LogP contribution in [0.5, 0.6) is 0 Å². The highest BCUT2D eigenvalue weighted by Gasteiger charge is 2.36. The van der Waals surface area contributed by atoms with Crippen LogP contribution in [0.1, 0.15) is 11.7 Å². The van der Waals surface area contributed by atoms with Crippen molar-refractivity contribution in [1.29, 1.82) is 0 Å². The maximum Gasteiger partial charge on any atom is 0.0963 e. The van der Waals surface area contributed by atoms with E-state index in [2.05, 4.69) is 20.9 Å². The quantitative estimate of drug-likeness (QED) is 0.891. The third-order valence-electron chi connectivity index (χ3n) is 4.72. The number of hydrogen-bond donors (Lipinski definition) is 1. The monoisotopic (exact) mass is 269 g/mol. The Kier molecular flexibility index (Phi) is 2.95. The number of aliphatic hydroxyl groups is 1. The molecule has 104 valence electrons. The molecule has 3 aliphatic heterocycles. The molecule has 1 aromatic carbocycles. The summed E-state index contributed by atoms with van der Waals surface area (Å²) >= 11 is 0. The summed E-state index contributed by atoms with van der Waals surface area (Å²) in [6.45, 7) is 5.41. The van der Waals surface area contributed by atoms with E-state index in [0.717, 1.165) is 49.1 Å². The van der Waals surface area contributed by atoms with E-state index in [1.165, 1.54) is 0 Å². The summed E-state index contributed by atoms with van der Waals surface area (Å²) in [7, 11) is 0. The molecule has 1 N–H and O–H groups in total. The molecule has 0 amide bonds. The number of rotatable bonds is 2. The molecule has 3 aliphatic rings. The molecule has 2 atom stereocenters. The van der Waals surface area contributed by atoms with E-state index in [9.17, 15) is 5.11 Å². The van der Waals surface area contributed by atoms with Crippen molar-refractivity contribution in [2.45, 2.75) is 12.1 Å². The van der Waals surface area contributed by atoms with Crippen LogP contribution in [0, 0.1) is 0 Å². The number of aliphatic hydroxyl groups excluding tert-OH is 1. The van der Waals surface area contributed by atoms with Crippen molar-refractivity contribution in [3.63, 3.8) is 0 Å². The fraction of sp³-hybridized carbons (Fsp3) is 0.438. The van der Waals surface area contributed by atoms with Crippen LogP contribution in [-0.2, 0) is 0 Å². The molecule has 0 spiro atoms. The second-order valence-corrected chi connectivity index (χ2v) is 5.79. The molecular weight excluding hydrogens is 250 g/mol. The molecule has 3 fully saturated rings. The van der Waals surface area contributed by atoms with Gasteiger partial charge >= 0.3 is 0 Å². The number of fused-ring (bicyclic) bond motifs is 4. The van der Waals surface area contributed by atoms with Crippen molar-refractivity contribution < 1.29 is 5.11 Å². The van der Waals surface area contributed by atoms with E-state index in [1.54, 1.807) is 6.20 Å². The van der Waals surface area contributed by atoms with Crippen molar-refractivity contribution in [1.82, 2.24) is 14.8 Å². The van der Waals surface area contributed by atoms with Gasteiger partial charge in [-0.25, -0.2) is 0 Å². The Morgan fingerprint density at radius 3 is 2.75 bits per heavy atom. The lowest BCUT2D eigenvalue weighted by atomic mass is 9.93. The second kappa shape index (κ2) is 4.81. The van der Waals surface area contributed by atoms with Gasteiger partial charge in [-0.15, -0.1) is 0 Å². The molecule has 3 saturated heterocycles. The van der Waals surface area contributed by atoms with Crippen molar-refractivity contribution in [2.75, 3.05) is 32.7 Å². The van der Waals surface area contributed by atoms with Crippen molar-refractivity contribution in [3.8, 4) is 0 Å². The summed E-state index contributed by atoms with van der Waals surface area (Å²) in [5.41, 5.74) is 1.03. The van der Waals surface area contributed by atoms with E-state index in [0.29, 0.717) is 0 Å². The van der Waals surface area contributed by atoms with Crippen LogP contribution in [0.2, 0.25) is 0 Å². The molecule has 4 nitrogen and oxygen atoms in total. The first kappa shape index (κ1) is 12.3. The molecule has 2 aromatic rings. The minimum Gasteiger partial charge on any atom is -0.387 e. The van der Waals surface area contributed by atoms with Gasteiger partial charge in [-0.05, 0) is 17.0 Å². The van der Waals surface area contributed by atoms with Crippen molar-refractivity contribution in [2.24, 2.45) is 0 Å². The first-order valence-electron chi connectivity index (χ1n) is 7.30. The maximum atomic E-state index is 10.9. The highest BCUT2D eigenvalue weighted by molar-refractivity contribution is 5.85. The normalized spacial score (nSPS) is 30.6. The summed E-state index contributed by atoms with van der Waals surface area (Å²) < 4.78 is 0. The highest BCUT2D eigenvalue weighted by atomic mass is 16.3. The highest BCUT2D eigenvalue weighted by Crippen LogP contribution is 2.31. The fourth-order valence-electron chi connectivity index (χ4n) is 3.57. The van der Waals surface area contributed by atoms with Crippen LogP contribution in [0.25, 0.3) is 10.8 Å². The molecule has 4 heterocycles. The van der Waals surface area contributed by atoms with Gasteiger partial charge in [-0.3, -0.25) is 14.8 Å². The molecule has 2 unspecified atom stereocenters. The van der Waals surface area contributed by atoms with E-state index in [4.69, 9.17) is 0 Å². The molecule has 5 rings (SSSR count). The molecule has 4 heteroatoms. The van der Waals surface area contributed by atoms with Gasteiger partial charge in [0.25, 0.3) is 0 Å². The molecular formula is C16H19N3O. The zero-order valence-electron chi connectivity index (χ0n) is 11.4. The number of hydrogen-bond acceptors (Lipinski definition) is 4. The number of nitrogens with zero attached hydrogens (tertiary/aromatic N) is 3. The number of piperazine rings is 3. The lowest BCUT2D eigenvalue weighted by Gasteiger charge is -2.49. The van der Waals surface area contributed by atoms with Crippen LogP contribution in [0.4, 0.5) is 0 Å². The van der Waals surface area contributed by atoms with E-state index in [1.807, 2.05) is 24.4 Å². The van der Waals surface area contributed by atoms with Gasteiger partial charge in [0, 0.05) is 50.5 Å². The maximum absolute atomic E-state index is 10.9. The van der Waals surface area contributed by atoms with Gasteiger partial charge in [0.2, 0.25) is 0 Å². The third-order valence-corrected chi connectivity index (χ3v) is 4.72. The van der Waals surface area contributed by atoms with Gasteiger partial charge in [0.05, 0.1) is 12.1 Å². The average Bonchev–Trinajstić information content (AvgIpc) is 2.54. The van der Waals surface area contributed by atoms with E-state index < -0.39 is 6.10 Å². The van der Waals surface area contributed by atoms with Gasteiger partial charge in [0.15, 0.2) is 0 Å². The Balaban J connectivity index is 1.72. The summed E-state index contributed by atoms with van der Waals surface area (Å²) in [5.74, 6) is 0. The molecule has 0 radical (unpaired) electrons. The second-order valence-electron chi connectivity index (χ2n) is 5.79. The predicted molar refractivity (Wildman–Crippen MR) is 78.5 cm³/mol. The summed E-state index contributed by atoms with van der Waals surface area (Å²) in [6.07, 6.45) is 3.24. The summed E-state index contributed by atoms with van der Waals surface area (Å²) in [5, 5.41) is 13.1. The Hall–Kier alpha value is -1.49. The van der Waals surface area contributed by atoms with Crippen LogP contribution in [0.3, 0.4) is 0 Å². The zero-order valence-corrected chi connectivity index (χ0v) is 11.4. The summed E-state index contributed by atoms with van der Waals surface area (Å²) in [4.78, 5) is 9.06. The van der Waals surface area contributed by atoms with Gasteiger partial charge < -0.3 is 5.11 Å². The molecule has 1 aromatic heterocycles. The summed E-state index contributed by atoms with van der Waals surface area (Å²) in [6, 6.07) is 8.33. The van der Waals surface area contributed by atoms with Crippen molar-refractivity contribution >= 4 is 10.8 Å². The molecule has 20 heavy (non-hydrogen) atoms. The first-order valence-corrected chi connectivity index (χ1v) is 7.30. The van der Waals surface area contributed by atoms with E-state index >= 15 is 0 Å². The minimum absolute atomic E-state index is 0.219. The van der Waals surface area contributed by atoms with Gasteiger partial charge in [-0.2, -0.15) is 0 Å². The lowest BCUT2D eigenvalue weighted by molar-refractivity contribution is -0.0465. The Labute approximate surface area is 118 Å². The van der Waals surface area contributed by atoms with Crippen LogP contribution in [0.15, 0.2) is 36.7 Å². The van der Waals surface area contributed by atoms with Crippen LogP contribution >= 0.6 is 0 Å². The molecule has 0 aliphatic carbocycles. The topological polar surface area (TPSA) is 39.6 Å². The van der Waals surface area contributed by atoms with Gasteiger partial charge in [0.1, 0.15) is 0 Å². The zero-order chi connectivity index (χ0) is 13.5. The van der Waals surface area contributed by atoms with E-state index in [-0.39, 0.29) is 6.04 Å². The average molecular weight is 269 g/mol. The SMILES string of the molecule is OC(c1cccc2cnccc12)C1CN2CCN1CC2. The number of pyridine rings is 1. The number of benzene rings is 1. The molecule has 0 saturated carbocycles. The standard InChI is InChI=1S/C16H19N3O/c20-16(15-11-18-6-8-19(15)9-7-18)14-3-1-2-12-10-17-5-4-13(12)14/h1-5,10,15-16,20H,6-9,11H2. The van der Waals surface area contributed by atoms with Crippen LogP contribution in [-0.4, -0.2) is 58.7 Å². The first-order chi connectivity index (χ1) is 9.83. The number of aromatic nitrogens is 1.